The lowest BCUT2D eigenvalue weighted by atomic mass is 10.2. The first-order valence-electron chi connectivity index (χ1n) is 6.27. The molecule has 0 saturated heterocycles. The second kappa shape index (κ2) is 9.60. The Morgan fingerprint density at radius 2 is 2.06 bits per heavy atom. The van der Waals surface area contributed by atoms with Crippen LogP contribution in [0.15, 0.2) is 0 Å². The number of carbonyl (C=O) groups excluding carboxylic acids is 1. The first kappa shape index (κ1) is 15.4. The minimum atomic E-state index is -0.391. The number of aliphatic hydroxyl groups is 1. The van der Waals surface area contributed by atoms with Crippen LogP contribution in [0.4, 0.5) is 0 Å². The molecule has 0 saturated carbocycles. The molecule has 0 aromatic rings. The van der Waals surface area contributed by atoms with Crippen LogP contribution in [0, 0.1) is 0 Å². The molecular weight excluding hydrogens is 204 g/mol. The van der Waals surface area contributed by atoms with E-state index in [4.69, 9.17) is 5.11 Å². The largest absolute Gasteiger partial charge is 0.393 e. The van der Waals surface area contributed by atoms with Gasteiger partial charge in [0.2, 0.25) is 5.91 Å². The third kappa shape index (κ3) is 8.68. The molecule has 0 spiro atoms. The zero-order chi connectivity index (χ0) is 12.4. The molecule has 2 N–H and O–H groups in total. The van der Waals surface area contributed by atoms with Crippen LogP contribution in [0.2, 0.25) is 0 Å². The number of nitrogens with one attached hydrogen (secondary N) is 1. The van der Waals surface area contributed by atoms with Gasteiger partial charge in [-0.3, -0.25) is 4.79 Å². The van der Waals surface area contributed by atoms with Crippen molar-refractivity contribution in [3.63, 3.8) is 0 Å². The molecule has 0 rings (SSSR count). The fraction of sp³-hybridized carbons (Fsp3) is 0.917. The zero-order valence-corrected chi connectivity index (χ0v) is 10.8. The highest BCUT2D eigenvalue weighted by atomic mass is 16.3. The van der Waals surface area contributed by atoms with Crippen LogP contribution in [0.5, 0.6) is 0 Å². The lowest BCUT2D eigenvalue weighted by Crippen LogP contribution is -2.35. The lowest BCUT2D eigenvalue weighted by Gasteiger charge is -2.19. The van der Waals surface area contributed by atoms with E-state index in [-0.39, 0.29) is 5.91 Å². The van der Waals surface area contributed by atoms with Crippen LogP contribution in [0.25, 0.3) is 0 Å². The normalized spacial score (nSPS) is 12.8. The number of rotatable bonds is 9. The summed E-state index contributed by atoms with van der Waals surface area (Å²) in [6.45, 7) is 9.71. The van der Waals surface area contributed by atoms with Crippen molar-refractivity contribution in [1.29, 1.82) is 0 Å². The Kier molecular flexibility index (Phi) is 9.24. The van der Waals surface area contributed by atoms with E-state index in [0.29, 0.717) is 19.4 Å². The number of aliphatic hydroxyl groups excluding tert-OH is 1. The van der Waals surface area contributed by atoms with Gasteiger partial charge in [-0.15, -0.1) is 0 Å². The molecule has 4 heteroatoms. The molecule has 1 amide bonds. The van der Waals surface area contributed by atoms with Crippen LogP contribution < -0.4 is 5.32 Å². The average molecular weight is 230 g/mol. The van der Waals surface area contributed by atoms with Crippen molar-refractivity contribution in [2.75, 3.05) is 26.2 Å². The van der Waals surface area contributed by atoms with Crippen molar-refractivity contribution in [2.45, 2.75) is 46.1 Å². The fourth-order valence-electron chi connectivity index (χ4n) is 1.53. The second-order valence-electron chi connectivity index (χ2n) is 4.17. The molecule has 16 heavy (non-hydrogen) atoms. The number of nitrogens with zero attached hydrogens (tertiary/aromatic N) is 1. The molecule has 1 unspecified atom stereocenters. The van der Waals surface area contributed by atoms with E-state index in [0.717, 1.165) is 26.1 Å². The van der Waals surface area contributed by atoms with Gasteiger partial charge in [-0.1, -0.05) is 13.8 Å². The molecule has 0 heterocycles. The molecule has 0 aromatic heterocycles. The standard InChI is InChI=1S/C12H26N2O2/c1-4-9-14(5-2)10-8-13-12(16)7-6-11(3)15/h11,15H,4-10H2,1-3H3,(H,13,16). The summed E-state index contributed by atoms with van der Waals surface area (Å²) in [6.07, 6.45) is 1.71. The third-order valence-electron chi connectivity index (χ3n) is 2.53. The maximum absolute atomic E-state index is 11.3. The highest BCUT2D eigenvalue weighted by molar-refractivity contribution is 5.75. The molecule has 0 radical (unpaired) electrons. The van der Waals surface area contributed by atoms with Crippen molar-refractivity contribution >= 4 is 5.91 Å². The predicted octanol–water partition coefficient (Wildman–Crippen LogP) is 0.995. The van der Waals surface area contributed by atoms with E-state index in [1.165, 1.54) is 0 Å². The minimum absolute atomic E-state index is 0.0356. The van der Waals surface area contributed by atoms with Crippen molar-refractivity contribution in [3.05, 3.63) is 0 Å². The van der Waals surface area contributed by atoms with Crippen molar-refractivity contribution < 1.29 is 9.90 Å². The molecule has 96 valence electrons. The maximum atomic E-state index is 11.3. The van der Waals surface area contributed by atoms with Crippen LogP contribution in [0.1, 0.15) is 40.0 Å². The average Bonchev–Trinajstić information content (AvgIpc) is 2.25. The molecule has 0 aliphatic heterocycles. The Bertz CT molecular complexity index is 184. The number of amides is 1. The van der Waals surface area contributed by atoms with Crippen molar-refractivity contribution in [3.8, 4) is 0 Å². The molecule has 0 aliphatic rings. The Morgan fingerprint density at radius 3 is 2.56 bits per heavy atom. The van der Waals surface area contributed by atoms with Crippen molar-refractivity contribution in [2.24, 2.45) is 0 Å². The predicted molar refractivity (Wildman–Crippen MR) is 66.3 cm³/mol. The van der Waals surface area contributed by atoms with Gasteiger partial charge in [-0.25, -0.2) is 0 Å². The van der Waals surface area contributed by atoms with Gasteiger partial charge < -0.3 is 15.3 Å². The molecule has 0 aromatic carbocycles. The van der Waals surface area contributed by atoms with Gasteiger partial charge in [0.1, 0.15) is 0 Å². The smallest absolute Gasteiger partial charge is 0.220 e. The Morgan fingerprint density at radius 1 is 1.38 bits per heavy atom. The summed E-state index contributed by atoms with van der Waals surface area (Å²) >= 11 is 0. The summed E-state index contributed by atoms with van der Waals surface area (Å²) in [7, 11) is 0. The summed E-state index contributed by atoms with van der Waals surface area (Å²) in [6, 6.07) is 0. The molecule has 1 atom stereocenters. The number of likely N-dealkylation sites (N-methyl/N-ethyl adjacent to an activating group) is 1. The summed E-state index contributed by atoms with van der Waals surface area (Å²) in [5.41, 5.74) is 0. The van der Waals surface area contributed by atoms with Crippen LogP contribution in [-0.2, 0) is 4.79 Å². The van der Waals surface area contributed by atoms with E-state index in [1.54, 1.807) is 6.92 Å². The first-order chi connectivity index (χ1) is 7.60. The van der Waals surface area contributed by atoms with E-state index >= 15 is 0 Å². The first-order valence-corrected chi connectivity index (χ1v) is 6.27. The van der Waals surface area contributed by atoms with Crippen LogP contribution in [0.3, 0.4) is 0 Å². The van der Waals surface area contributed by atoms with Gasteiger partial charge >= 0.3 is 0 Å². The van der Waals surface area contributed by atoms with Gasteiger partial charge in [-0.2, -0.15) is 0 Å². The summed E-state index contributed by atoms with van der Waals surface area (Å²) < 4.78 is 0. The summed E-state index contributed by atoms with van der Waals surface area (Å²) in [4.78, 5) is 13.6. The topological polar surface area (TPSA) is 52.6 Å². The Labute approximate surface area is 99.0 Å². The van der Waals surface area contributed by atoms with E-state index in [2.05, 4.69) is 24.1 Å². The third-order valence-corrected chi connectivity index (χ3v) is 2.53. The van der Waals surface area contributed by atoms with Gasteiger partial charge in [0.25, 0.3) is 0 Å². The quantitative estimate of drug-likeness (QED) is 0.621. The maximum Gasteiger partial charge on any atom is 0.220 e. The monoisotopic (exact) mass is 230 g/mol. The van der Waals surface area contributed by atoms with E-state index in [9.17, 15) is 4.79 Å². The molecule has 0 aliphatic carbocycles. The highest BCUT2D eigenvalue weighted by Gasteiger charge is 2.05. The number of hydrogen-bond acceptors (Lipinski definition) is 3. The van der Waals surface area contributed by atoms with Gasteiger partial charge in [0.15, 0.2) is 0 Å². The molecule has 0 fully saturated rings. The van der Waals surface area contributed by atoms with Crippen molar-refractivity contribution in [1.82, 2.24) is 10.2 Å². The van der Waals surface area contributed by atoms with E-state index in [1.807, 2.05) is 0 Å². The van der Waals surface area contributed by atoms with E-state index < -0.39 is 6.10 Å². The second-order valence-corrected chi connectivity index (χ2v) is 4.17. The SMILES string of the molecule is CCCN(CC)CCNC(=O)CCC(C)O. The van der Waals surface area contributed by atoms with Gasteiger partial charge in [0, 0.05) is 19.5 Å². The Hall–Kier alpha value is -0.610. The molecular formula is C12H26N2O2. The zero-order valence-electron chi connectivity index (χ0n) is 10.8. The molecule has 0 bridgehead atoms. The lowest BCUT2D eigenvalue weighted by molar-refractivity contribution is -0.121. The molecule has 4 nitrogen and oxygen atoms in total. The summed E-state index contributed by atoms with van der Waals surface area (Å²) in [5.74, 6) is 0.0356. The number of carbonyl (C=O) groups is 1. The van der Waals surface area contributed by atoms with Crippen LogP contribution >= 0.6 is 0 Å². The number of hydrogen-bond donors (Lipinski definition) is 2. The highest BCUT2D eigenvalue weighted by Crippen LogP contribution is 1.95. The van der Waals surface area contributed by atoms with Gasteiger partial charge in [0.05, 0.1) is 6.10 Å². The van der Waals surface area contributed by atoms with Crippen LogP contribution in [-0.4, -0.2) is 48.2 Å². The summed E-state index contributed by atoms with van der Waals surface area (Å²) in [5, 5.41) is 11.9. The fourth-order valence-corrected chi connectivity index (χ4v) is 1.53. The Balaban J connectivity index is 3.52. The minimum Gasteiger partial charge on any atom is -0.393 e. The van der Waals surface area contributed by atoms with Gasteiger partial charge in [-0.05, 0) is 32.9 Å².